The van der Waals surface area contributed by atoms with Gasteiger partial charge in [-0.1, -0.05) is 69.7 Å². The van der Waals surface area contributed by atoms with Gasteiger partial charge in [-0.25, -0.2) is 0 Å². The second kappa shape index (κ2) is 8.28. The molecule has 0 radical (unpaired) electrons. The van der Waals surface area contributed by atoms with Crippen LogP contribution < -0.4 is 0 Å². The van der Waals surface area contributed by atoms with E-state index in [9.17, 15) is 4.79 Å². The number of hydrogen-bond acceptors (Lipinski definition) is 2. The molecule has 3 heteroatoms. The average molecular weight is 357 g/mol. The monoisotopic (exact) mass is 356 g/mol. The van der Waals surface area contributed by atoms with Gasteiger partial charge in [0.1, 0.15) is 6.29 Å². The summed E-state index contributed by atoms with van der Waals surface area (Å²) in [4.78, 5) is 10.6. The van der Waals surface area contributed by atoms with Gasteiger partial charge in [-0.3, -0.25) is 0 Å². The van der Waals surface area contributed by atoms with Crippen molar-refractivity contribution in [2.45, 2.75) is 70.7 Å². The molecule has 0 heterocycles. The number of unbranched alkanes of at least 4 members (excludes halogenated alkanes) is 2. The maximum atomic E-state index is 10.6. The minimum Gasteiger partial charge on any atom is -0.410 e. The summed E-state index contributed by atoms with van der Waals surface area (Å²) in [5.74, 6) is 0. The normalized spacial score (nSPS) is 13.8. The van der Waals surface area contributed by atoms with Crippen LogP contribution in [-0.2, 0) is 9.22 Å². The third kappa shape index (κ3) is 5.02. The fourth-order valence-electron chi connectivity index (χ4n) is 2.90. The summed E-state index contributed by atoms with van der Waals surface area (Å²) in [6.45, 7) is 11.5. The number of carbonyl (C=O) groups excluding carboxylic acids is 1. The predicted molar refractivity (Wildman–Crippen MR) is 110 cm³/mol. The molecule has 0 saturated carbocycles. The Labute approximate surface area is 153 Å². The van der Waals surface area contributed by atoms with Crippen molar-refractivity contribution in [3.63, 3.8) is 0 Å². The van der Waals surface area contributed by atoms with E-state index in [0.29, 0.717) is 6.42 Å². The Morgan fingerprint density at radius 2 is 1.72 bits per heavy atom. The topological polar surface area (TPSA) is 26.3 Å². The predicted octanol–water partition coefficient (Wildman–Crippen LogP) is 6.66. The lowest BCUT2D eigenvalue weighted by atomic mass is 9.97. The number of hydrogen-bond donors (Lipinski definition) is 0. The smallest absolute Gasteiger partial charge is 0.192 e. The zero-order valence-electron chi connectivity index (χ0n) is 16.3. The molecule has 0 aliphatic carbocycles. The minimum absolute atomic E-state index is 0.0960. The lowest BCUT2D eigenvalue weighted by Crippen LogP contribution is -2.41. The van der Waals surface area contributed by atoms with Crippen LogP contribution in [0.25, 0.3) is 10.8 Å². The second-order valence-corrected chi connectivity index (χ2v) is 13.1. The number of aldehydes is 1. The van der Waals surface area contributed by atoms with Crippen LogP contribution in [0, 0.1) is 0 Å². The van der Waals surface area contributed by atoms with Crippen LogP contribution >= 0.6 is 0 Å². The van der Waals surface area contributed by atoms with Crippen molar-refractivity contribution in [1.82, 2.24) is 0 Å². The molecule has 0 saturated heterocycles. The standard InChI is InChI=1S/C22H32O2Si/c1-22(2,3)25(4,5)24-21(16-7-6-10-17-23)20-15-11-13-18-12-8-9-14-19(18)20/h8-9,11-15,17,21H,6-7,10,16H2,1-5H3. The molecule has 2 aromatic rings. The lowest BCUT2D eigenvalue weighted by Gasteiger charge is -2.39. The minimum atomic E-state index is -1.88. The molecular weight excluding hydrogens is 324 g/mol. The van der Waals surface area contributed by atoms with Crippen LogP contribution in [0.4, 0.5) is 0 Å². The highest BCUT2D eigenvalue weighted by atomic mass is 28.4. The van der Waals surface area contributed by atoms with Crippen molar-refractivity contribution in [3.8, 4) is 0 Å². The summed E-state index contributed by atoms with van der Waals surface area (Å²) in [6, 6.07) is 15.0. The van der Waals surface area contributed by atoms with Crippen molar-refractivity contribution in [2.24, 2.45) is 0 Å². The van der Waals surface area contributed by atoms with Crippen LogP contribution in [0.1, 0.15) is 58.1 Å². The van der Waals surface area contributed by atoms with Gasteiger partial charge in [0.15, 0.2) is 8.32 Å². The third-order valence-electron chi connectivity index (χ3n) is 5.45. The Hall–Kier alpha value is -1.45. The first kappa shape index (κ1) is 19.9. The number of fused-ring (bicyclic) bond motifs is 1. The van der Waals surface area contributed by atoms with Crippen LogP contribution in [0.2, 0.25) is 18.1 Å². The third-order valence-corrected chi connectivity index (χ3v) is 9.94. The number of rotatable bonds is 8. The summed E-state index contributed by atoms with van der Waals surface area (Å²) in [6.07, 6.45) is 4.67. The Morgan fingerprint density at radius 1 is 1.04 bits per heavy atom. The highest BCUT2D eigenvalue weighted by Gasteiger charge is 2.39. The average Bonchev–Trinajstić information content (AvgIpc) is 2.56. The first-order valence-electron chi connectivity index (χ1n) is 9.35. The molecule has 136 valence electrons. The summed E-state index contributed by atoms with van der Waals surface area (Å²) in [7, 11) is -1.88. The SMILES string of the molecule is CC(C)(C)[Si](C)(C)OC(CCCCC=O)c1cccc2ccccc12. The Bertz CT molecular complexity index is 695. The van der Waals surface area contributed by atoms with Gasteiger partial charge in [0, 0.05) is 6.42 Å². The van der Waals surface area contributed by atoms with E-state index in [1.807, 2.05) is 0 Å². The Kier molecular flexibility index (Phi) is 6.58. The van der Waals surface area contributed by atoms with Gasteiger partial charge in [-0.2, -0.15) is 0 Å². The maximum absolute atomic E-state index is 10.6. The van der Waals surface area contributed by atoms with Gasteiger partial charge >= 0.3 is 0 Å². The zero-order chi connectivity index (χ0) is 18.5. The van der Waals surface area contributed by atoms with Gasteiger partial charge in [0.25, 0.3) is 0 Å². The van der Waals surface area contributed by atoms with Crippen molar-refractivity contribution in [2.75, 3.05) is 0 Å². The van der Waals surface area contributed by atoms with Crippen molar-refractivity contribution in [3.05, 3.63) is 48.0 Å². The van der Waals surface area contributed by atoms with E-state index in [1.165, 1.54) is 16.3 Å². The molecule has 0 aromatic heterocycles. The quantitative estimate of drug-likeness (QED) is 0.300. The van der Waals surface area contributed by atoms with Crippen molar-refractivity contribution < 1.29 is 9.22 Å². The van der Waals surface area contributed by atoms with Crippen LogP contribution in [-0.4, -0.2) is 14.6 Å². The molecule has 0 aliphatic rings. The van der Waals surface area contributed by atoms with E-state index in [1.54, 1.807) is 0 Å². The molecule has 2 aromatic carbocycles. The number of carbonyl (C=O) groups is 1. The van der Waals surface area contributed by atoms with E-state index < -0.39 is 8.32 Å². The highest BCUT2D eigenvalue weighted by Crippen LogP contribution is 2.42. The fraction of sp³-hybridized carbons (Fsp3) is 0.500. The van der Waals surface area contributed by atoms with Crippen LogP contribution in [0.15, 0.2) is 42.5 Å². The molecule has 0 amide bonds. The van der Waals surface area contributed by atoms with E-state index in [2.05, 4.69) is 76.3 Å². The maximum Gasteiger partial charge on any atom is 0.192 e. The first-order valence-corrected chi connectivity index (χ1v) is 12.3. The van der Waals surface area contributed by atoms with Gasteiger partial charge in [0.2, 0.25) is 0 Å². The van der Waals surface area contributed by atoms with Crippen LogP contribution in [0.5, 0.6) is 0 Å². The molecule has 0 fully saturated rings. The second-order valence-electron chi connectivity index (χ2n) is 8.39. The fourth-order valence-corrected chi connectivity index (χ4v) is 4.21. The Balaban J connectivity index is 2.34. The molecule has 2 nitrogen and oxygen atoms in total. The van der Waals surface area contributed by atoms with E-state index in [4.69, 9.17) is 4.43 Å². The molecular formula is C22H32O2Si. The van der Waals surface area contributed by atoms with E-state index in [-0.39, 0.29) is 11.1 Å². The summed E-state index contributed by atoms with van der Waals surface area (Å²) < 4.78 is 6.83. The van der Waals surface area contributed by atoms with Gasteiger partial charge in [-0.05, 0) is 47.3 Å². The Morgan fingerprint density at radius 3 is 2.40 bits per heavy atom. The molecule has 0 N–H and O–H groups in total. The zero-order valence-corrected chi connectivity index (χ0v) is 17.3. The van der Waals surface area contributed by atoms with Gasteiger partial charge in [0.05, 0.1) is 6.10 Å². The number of benzene rings is 2. The largest absolute Gasteiger partial charge is 0.410 e. The van der Waals surface area contributed by atoms with Crippen molar-refractivity contribution in [1.29, 1.82) is 0 Å². The molecule has 1 atom stereocenters. The molecule has 1 unspecified atom stereocenters. The summed E-state index contributed by atoms with van der Waals surface area (Å²) in [5.41, 5.74) is 1.29. The molecule has 0 aliphatic heterocycles. The van der Waals surface area contributed by atoms with Crippen molar-refractivity contribution >= 4 is 25.4 Å². The van der Waals surface area contributed by atoms with E-state index >= 15 is 0 Å². The first-order chi connectivity index (χ1) is 11.8. The molecule has 0 spiro atoms. The molecule has 2 rings (SSSR count). The molecule has 0 bridgehead atoms. The highest BCUT2D eigenvalue weighted by molar-refractivity contribution is 6.74. The van der Waals surface area contributed by atoms with Gasteiger partial charge < -0.3 is 9.22 Å². The lowest BCUT2D eigenvalue weighted by molar-refractivity contribution is -0.107. The summed E-state index contributed by atoms with van der Waals surface area (Å²) >= 11 is 0. The van der Waals surface area contributed by atoms with Crippen LogP contribution in [0.3, 0.4) is 0 Å². The summed E-state index contributed by atoms with van der Waals surface area (Å²) in [5, 5.41) is 2.72. The molecule has 25 heavy (non-hydrogen) atoms. The van der Waals surface area contributed by atoms with Gasteiger partial charge in [-0.15, -0.1) is 0 Å². The van der Waals surface area contributed by atoms with E-state index in [0.717, 1.165) is 25.5 Å².